The van der Waals surface area contributed by atoms with Crippen LogP contribution in [0.5, 0.6) is 5.75 Å². The monoisotopic (exact) mass is 296 g/mol. The van der Waals surface area contributed by atoms with Crippen LogP contribution in [0.4, 0.5) is 11.4 Å². The van der Waals surface area contributed by atoms with Gasteiger partial charge in [-0.25, -0.2) is 0 Å². The van der Waals surface area contributed by atoms with Gasteiger partial charge in [-0.05, 0) is 68.3 Å². The van der Waals surface area contributed by atoms with Crippen LogP contribution in [-0.2, 0) is 6.42 Å². The van der Waals surface area contributed by atoms with E-state index in [0.29, 0.717) is 5.56 Å². The summed E-state index contributed by atoms with van der Waals surface area (Å²) >= 11 is 0. The van der Waals surface area contributed by atoms with Gasteiger partial charge in [-0.3, -0.25) is 4.79 Å². The number of hydrogen-bond acceptors (Lipinski definition) is 3. The van der Waals surface area contributed by atoms with Gasteiger partial charge in [0.2, 0.25) is 0 Å². The maximum atomic E-state index is 12.3. The Morgan fingerprint density at radius 2 is 1.95 bits per heavy atom. The van der Waals surface area contributed by atoms with Crippen molar-refractivity contribution in [1.82, 2.24) is 0 Å². The van der Waals surface area contributed by atoms with Crippen LogP contribution in [0.25, 0.3) is 0 Å². The number of carbonyl (C=O) groups is 1. The van der Waals surface area contributed by atoms with Gasteiger partial charge in [0, 0.05) is 23.5 Å². The van der Waals surface area contributed by atoms with E-state index in [-0.39, 0.29) is 12.0 Å². The normalized spacial score (nSPS) is 12.7. The molecule has 1 aliphatic heterocycles. The van der Waals surface area contributed by atoms with Gasteiger partial charge in [0.25, 0.3) is 5.91 Å². The standard InChI is InChI=1S/C18H20N2O2/c1-12(2)22-16-6-4-15(5-7-16)20-18(21)14-3-8-17-13(11-14)9-10-19-17/h3-8,11-12,19H,9-10H2,1-2H3,(H,20,21). The summed E-state index contributed by atoms with van der Waals surface area (Å²) in [5.41, 5.74) is 3.78. The minimum absolute atomic E-state index is 0.0905. The number of amides is 1. The molecule has 0 saturated heterocycles. The number of benzene rings is 2. The first-order valence-electron chi connectivity index (χ1n) is 7.57. The Bertz CT molecular complexity index is 678. The van der Waals surface area contributed by atoms with Gasteiger partial charge in [0.1, 0.15) is 5.75 Å². The Balaban J connectivity index is 1.68. The molecular formula is C18H20N2O2. The Labute approximate surface area is 130 Å². The molecule has 0 saturated carbocycles. The van der Waals surface area contributed by atoms with Crippen molar-refractivity contribution in [2.24, 2.45) is 0 Å². The van der Waals surface area contributed by atoms with Crippen molar-refractivity contribution in [3.8, 4) is 5.75 Å². The summed E-state index contributed by atoms with van der Waals surface area (Å²) in [5.74, 6) is 0.712. The topological polar surface area (TPSA) is 50.4 Å². The molecule has 0 unspecified atom stereocenters. The van der Waals surface area contributed by atoms with Gasteiger partial charge < -0.3 is 15.4 Å². The largest absolute Gasteiger partial charge is 0.491 e. The number of carbonyl (C=O) groups excluding carboxylic acids is 1. The van der Waals surface area contributed by atoms with Crippen LogP contribution in [0, 0.1) is 0 Å². The zero-order valence-corrected chi connectivity index (χ0v) is 12.8. The van der Waals surface area contributed by atoms with Crippen LogP contribution < -0.4 is 15.4 Å². The Kier molecular flexibility index (Phi) is 4.00. The van der Waals surface area contributed by atoms with Crippen molar-refractivity contribution in [3.05, 3.63) is 53.6 Å². The Morgan fingerprint density at radius 3 is 2.68 bits per heavy atom. The predicted molar refractivity (Wildman–Crippen MR) is 88.8 cm³/mol. The van der Waals surface area contributed by atoms with Crippen molar-refractivity contribution in [2.75, 3.05) is 17.2 Å². The van der Waals surface area contributed by atoms with Gasteiger partial charge in [-0.2, -0.15) is 0 Å². The van der Waals surface area contributed by atoms with Gasteiger partial charge >= 0.3 is 0 Å². The molecule has 3 rings (SSSR count). The first kappa shape index (κ1) is 14.4. The first-order chi connectivity index (χ1) is 10.6. The predicted octanol–water partition coefficient (Wildman–Crippen LogP) is 3.69. The molecule has 2 aromatic carbocycles. The minimum atomic E-state index is -0.0905. The summed E-state index contributed by atoms with van der Waals surface area (Å²) < 4.78 is 5.59. The SMILES string of the molecule is CC(C)Oc1ccc(NC(=O)c2ccc3c(c2)CCN3)cc1. The quantitative estimate of drug-likeness (QED) is 0.904. The maximum Gasteiger partial charge on any atom is 0.255 e. The molecule has 1 heterocycles. The number of hydrogen-bond donors (Lipinski definition) is 2. The number of fused-ring (bicyclic) bond motifs is 1. The van der Waals surface area contributed by atoms with Crippen LogP contribution >= 0.6 is 0 Å². The van der Waals surface area contributed by atoms with E-state index in [1.165, 1.54) is 5.56 Å². The van der Waals surface area contributed by atoms with Crippen molar-refractivity contribution in [1.29, 1.82) is 0 Å². The molecule has 114 valence electrons. The van der Waals surface area contributed by atoms with Gasteiger partial charge in [0.05, 0.1) is 6.10 Å². The minimum Gasteiger partial charge on any atom is -0.491 e. The lowest BCUT2D eigenvalue weighted by molar-refractivity contribution is 0.102. The van der Waals surface area contributed by atoms with Crippen LogP contribution in [0.1, 0.15) is 29.8 Å². The number of ether oxygens (including phenoxy) is 1. The molecule has 0 radical (unpaired) electrons. The highest BCUT2D eigenvalue weighted by molar-refractivity contribution is 6.04. The molecule has 2 aromatic rings. The van der Waals surface area contributed by atoms with E-state index in [1.54, 1.807) is 0 Å². The van der Waals surface area contributed by atoms with E-state index in [9.17, 15) is 4.79 Å². The molecule has 2 N–H and O–H groups in total. The highest BCUT2D eigenvalue weighted by Gasteiger charge is 2.13. The lowest BCUT2D eigenvalue weighted by Gasteiger charge is -2.11. The lowest BCUT2D eigenvalue weighted by Crippen LogP contribution is -2.12. The van der Waals surface area contributed by atoms with Crippen LogP contribution in [0.2, 0.25) is 0 Å². The second-order valence-corrected chi connectivity index (χ2v) is 5.69. The average molecular weight is 296 g/mol. The highest BCUT2D eigenvalue weighted by Crippen LogP contribution is 2.24. The van der Waals surface area contributed by atoms with Gasteiger partial charge in [0.15, 0.2) is 0 Å². The molecule has 1 aliphatic rings. The summed E-state index contributed by atoms with van der Waals surface area (Å²) in [6.07, 6.45) is 1.11. The smallest absolute Gasteiger partial charge is 0.255 e. The molecule has 4 heteroatoms. The molecule has 0 aliphatic carbocycles. The second-order valence-electron chi connectivity index (χ2n) is 5.69. The maximum absolute atomic E-state index is 12.3. The fourth-order valence-electron chi connectivity index (χ4n) is 2.54. The fourth-order valence-corrected chi connectivity index (χ4v) is 2.54. The summed E-state index contributed by atoms with van der Waals surface area (Å²) in [6, 6.07) is 13.2. The average Bonchev–Trinajstić information content (AvgIpc) is 2.96. The molecule has 0 bridgehead atoms. The summed E-state index contributed by atoms with van der Waals surface area (Å²) in [6.45, 7) is 4.91. The molecular weight excluding hydrogens is 276 g/mol. The van der Waals surface area contributed by atoms with E-state index < -0.39 is 0 Å². The Hall–Kier alpha value is -2.49. The Morgan fingerprint density at radius 1 is 1.18 bits per heavy atom. The fraction of sp³-hybridized carbons (Fsp3) is 0.278. The molecule has 1 amide bonds. The van der Waals surface area contributed by atoms with E-state index in [4.69, 9.17) is 4.74 Å². The van der Waals surface area contributed by atoms with Gasteiger partial charge in [-0.15, -0.1) is 0 Å². The van der Waals surface area contributed by atoms with Crippen molar-refractivity contribution < 1.29 is 9.53 Å². The van der Waals surface area contributed by atoms with E-state index in [1.807, 2.05) is 56.3 Å². The van der Waals surface area contributed by atoms with Gasteiger partial charge in [-0.1, -0.05) is 0 Å². The van der Waals surface area contributed by atoms with Crippen LogP contribution in [0.15, 0.2) is 42.5 Å². The third-order valence-electron chi connectivity index (χ3n) is 3.56. The summed E-state index contributed by atoms with van der Waals surface area (Å²) in [7, 11) is 0. The molecule has 4 nitrogen and oxygen atoms in total. The van der Waals surface area contributed by atoms with Crippen LogP contribution in [-0.4, -0.2) is 18.6 Å². The van der Waals surface area contributed by atoms with Crippen LogP contribution in [0.3, 0.4) is 0 Å². The second kappa shape index (κ2) is 6.10. The van der Waals surface area contributed by atoms with E-state index in [2.05, 4.69) is 10.6 Å². The molecule has 0 aromatic heterocycles. The van der Waals surface area contributed by atoms with Crippen molar-refractivity contribution in [3.63, 3.8) is 0 Å². The van der Waals surface area contributed by atoms with Crippen molar-refractivity contribution in [2.45, 2.75) is 26.4 Å². The number of rotatable bonds is 4. The van der Waals surface area contributed by atoms with E-state index in [0.717, 1.165) is 30.1 Å². The zero-order valence-electron chi connectivity index (χ0n) is 12.8. The lowest BCUT2D eigenvalue weighted by atomic mass is 10.1. The van der Waals surface area contributed by atoms with Crippen molar-refractivity contribution >= 4 is 17.3 Å². The van der Waals surface area contributed by atoms with E-state index >= 15 is 0 Å². The molecule has 0 spiro atoms. The summed E-state index contributed by atoms with van der Waals surface area (Å²) in [5, 5.41) is 6.21. The third kappa shape index (κ3) is 3.22. The molecule has 0 atom stereocenters. The number of anilines is 2. The highest BCUT2D eigenvalue weighted by atomic mass is 16.5. The third-order valence-corrected chi connectivity index (χ3v) is 3.56. The first-order valence-corrected chi connectivity index (χ1v) is 7.57. The zero-order chi connectivity index (χ0) is 15.5. The number of nitrogens with one attached hydrogen (secondary N) is 2. The molecule has 22 heavy (non-hydrogen) atoms. The summed E-state index contributed by atoms with van der Waals surface area (Å²) in [4.78, 5) is 12.3. The molecule has 0 fully saturated rings.